The van der Waals surface area contributed by atoms with E-state index < -0.39 is 18.0 Å². The molecule has 5 nitrogen and oxygen atoms in total. The Morgan fingerprint density at radius 3 is 2.77 bits per heavy atom. The molecule has 1 amide bonds. The lowest BCUT2D eigenvalue weighted by Crippen LogP contribution is -2.38. The van der Waals surface area contributed by atoms with E-state index in [0.29, 0.717) is 5.75 Å². The molecule has 3 aromatic rings. The van der Waals surface area contributed by atoms with Crippen LogP contribution in [0.4, 0.5) is 9.39 Å². The van der Waals surface area contributed by atoms with Crippen molar-refractivity contribution in [2.45, 2.75) is 31.8 Å². The Hall–Kier alpha value is -3.19. The first kappa shape index (κ1) is 18.8. The number of benzene rings is 2. The quantitative estimate of drug-likeness (QED) is 0.468. The summed E-state index contributed by atoms with van der Waals surface area (Å²) in [6, 6.07) is 12.3. The number of nitrogens with one attached hydrogen (secondary N) is 2. The van der Waals surface area contributed by atoms with Crippen LogP contribution in [0.5, 0.6) is 5.75 Å². The van der Waals surface area contributed by atoms with Crippen LogP contribution in [0.3, 0.4) is 0 Å². The largest absolute Gasteiger partial charge is 0.423 e. The third-order valence-electron chi connectivity index (χ3n) is 5.41. The second kappa shape index (κ2) is 7.57. The summed E-state index contributed by atoms with van der Waals surface area (Å²) in [4.78, 5) is 26.4. The summed E-state index contributed by atoms with van der Waals surface area (Å²) in [6.07, 6.45) is 3.84. The number of rotatable bonds is 3. The van der Waals surface area contributed by atoms with Crippen LogP contribution < -0.4 is 15.4 Å². The lowest BCUT2D eigenvalue weighted by atomic mass is 9.94. The van der Waals surface area contributed by atoms with Crippen molar-refractivity contribution in [1.82, 2.24) is 5.32 Å². The van der Waals surface area contributed by atoms with Crippen molar-refractivity contribution in [3.05, 3.63) is 81.5 Å². The van der Waals surface area contributed by atoms with E-state index >= 15 is 0 Å². The molecule has 0 spiro atoms. The molecule has 152 valence electrons. The lowest BCUT2D eigenvalue weighted by molar-refractivity contribution is 0.0733. The monoisotopic (exact) mass is 422 g/mol. The first-order valence-corrected chi connectivity index (χ1v) is 10.7. The third-order valence-corrected chi connectivity index (χ3v) is 6.63. The highest BCUT2D eigenvalue weighted by Gasteiger charge is 2.32. The normalized spacial score (nSPS) is 17.4. The van der Waals surface area contributed by atoms with E-state index in [1.165, 1.54) is 28.6 Å². The zero-order valence-corrected chi connectivity index (χ0v) is 16.9. The maximum atomic E-state index is 13.4. The van der Waals surface area contributed by atoms with Gasteiger partial charge in [-0.1, -0.05) is 18.2 Å². The van der Waals surface area contributed by atoms with E-state index in [1.54, 1.807) is 29.5 Å². The van der Waals surface area contributed by atoms with Gasteiger partial charge in [0.2, 0.25) is 0 Å². The molecule has 5 rings (SSSR count). The molecule has 7 heteroatoms. The molecule has 0 fully saturated rings. The van der Waals surface area contributed by atoms with E-state index in [-0.39, 0.29) is 11.5 Å². The fourth-order valence-electron chi connectivity index (χ4n) is 3.98. The van der Waals surface area contributed by atoms with Crippen molar-refractivity contribution in [2.24, 2.45) is 0 Å². The molecule has 30 heavy (non-hydrogen) atoms. The average Bonchev–Trinajstić information content (AvgIpc) is 3.13. The predicted octanol–water partition coefficient (Wildman–Crippen LogP) is 4.84. The summed E-state index contributed by atoms with van der Waals surface area (Å²) in [5.74, 6) is -0.883. The van der Waals surface area contributed by atoms with Crippen LogP contribution in [-0.2, 0) is 12.8 Å². The number of thiophene rings is 1. The molecule has 0 radical (unpaired) electrons. The van der Waals surface area contributed by atoms with Gasteiger partial charge in [-0.25, -0.2) is 9.18 Å². The number of ether oxygens (including phenoxy) is 1. The van der Waals surface area contributed by atoms with Crippen molar-refractivity contribution < 1.29 is 18.7 Å². The summed E-state index contributed by atoms with van der Waals surface area (Å²) >= 11 is 1.66. The smallest absolute Gasteiger partial charge is 0.343 e. The van der Waals surface area contributed by atoms with Gasteiger partial charge < -0.3 is 15.4 Å². The van der Waals surface area contributed by atoms with Crippen molar-refractivity contribution in [3.63, 3.8) is 0 Å². The molecule has 2 aliphatic rings. The lowest BCUT2D eigenvalue weighted by Gasteiger charge is -2.27. The molecule has 0 bridgehead atoms. The second-order valence-corrected chi connectivity index (χ2v) is 8.54. The van der Waals surface area contributed by atoms with Crippen LogP contribution in [0.2, 0.25) is 0 Å². The number of hydrogen-bond acceptors (Lipinski definition) is 5. The molecule has 2 N–H and O–H groups in total. The number of hydrogen-bond donors (Lipinski definition) is 2. The Balaban J connectivity index is 1.37. The van der Waals surface area contributed by atoms with Gasteiger partial charge in [0.05, 0.1) is 11.1 Å². The SMILES string of the molecule is O=C(Oc1cccc(C2NC(=O)c3c(sc4c3CCCC4)N2)c1)c1cccc(F)c1. The molecular weight excluding hydrogens is 403 g/mol. The van der Waals surface area contributed by atoms with E-state index in [9.17, 15) is 14.0 Å². The highest BCUT2D eigenvalue weighted by Crippen LogP contribution is 2.41. The van der Waals surface area contributed by atoms with Gasteiger partial charge in [0.15, 0.2) is 0 Å². The maximum absolute atomic E-state index is 13.4. The van der Waals surface area contributed by atoms with Crippen molar-refractivity contribution in [2.75, 3.05) is 5.32 Å². The summed E-state index contributed by atoms with van der Waals surface area (Å²) in [5.41, 5.74) is 2.87. The Morgan fingerprint density at radius 1 is 1.07 bits per heavy atom. The van der Waals surface area contributed by atoms with Crippen molar-refractivity contribution >= 4 is 28.2 Å². The molecule has 1 unspecified atom stereocenters. The van der Waals surface area contributed by atoms with Gasteiger partial charge in [0, 0.05) is 4.88 Å². The highest BCUT2D eigenvalue weighted by atomic mass is 32.1. The first-order valence-electron chi connectivity index (χ1n) is 9.88. The average molecular weight is 422 g/mol. The zero-order chi connectivity index (χ0) is 20.7. The van der Waals surface area contributed by atoms with Crippen LogP contribution in [0, 0.1) is 5.82 Å². The minimum absolute atomic E-state index is 0.0738. The van der Waals surface area contributed by atoms with Gasteiger partial charge in [-0.15, -0.1) is 11.3 Å². The van der Waals surface area contributed by atoms with Gasteiger partial charge in [-0.2, -0.15) is 0 Å². The highest BCUT2D eigenvalue weighted by molar-refractivity contribution is 7.16. The number of anilines is 1. The van der Waals surface area contributed by atoms with Crippen LogP contribution in [0.1, 0.15) is 55.7 Å². The fraction of sp³-hybridized carbons (Fsp3) is 0.217. The summed E-state index contributed by atoms with van der Waals surface area (Å²) in [6.45, 7) is 0. The molecule has 2 heterocycles. The number of carbonyl (C=O) groups excluding carboxylic acids is 2. The molecule has 0 saturated heterocycles. The number of halogens is 1. The number of amides is 1. The van der Waals surface area contributed by atoms with Gasteiger partial charge in [0.1, 0.15) is 22.7 Å². The number of aryl methyl sites for hydroxylation is 1. The van der Waals surface area contributed by atoms with E-state index in [1.807, 2.05) is 6.07 Å². The number of fused-ring (bicyclic) bond motifs is 3. The summed E-state index contributed by atoms with van der Waals surface area (Å²) in [7, 11) is 0. The zero-order valence-electron chi connectivity index (χ0n) is 16.0. The van der Waals surface area contributed by atoms with Crippen LogP contribution in [0.15, 0.2) is 48.5 Å². The number of esters is 1. The number of carbonyl (C=O) groups is 2. The third kappa shape index (κ3) is 3.45. The first-order chi connectivity index (χ1) is 14.6. The Kier molecular flexibility index (Phi) is 4.75. The topological polar surface area (TPSA) is 67.4 Å². The Bertz CT molecular complexity index is 1160. The maximum Gasteiger partial charge on any atom is 0.343 e. The Labute approximate surface area is 176 Å². The van der Waals surface area contributed by atoms with Gasteiger partial charge in [0.25, 0.3) is 5.91 Å². The van der Waals surface area contributed by atoms with Gasteiger partial charge >= 0.3 is 5.97 Å². The van der Waals surface area contributed by atoms with E-state index in [0.717, 1.165) is 47.9 Å². The van der Waals surface area contributed by atoms with E-state index in [4.69, 9.17) is 4.74 Å². The van der Waals surface area contributed by atoms with Crippen molar-refractivity contribution in [3.8, 4) is 5.75 Å². The fourth-order valence-corrected chi connectivity index (χ4v) is 5.30. The van der Waals surface area contributed by atoms with Crippen LogP contribution >= 0.6 is 11.3 Å². The van der Waals surface area contributed by atoms with E-state index in [2.05, 4.69) is 10.6 Å². The molecule has 1 aromatic heterocycles. The molecule has 1 aliphatic carbocycles. The molecule has 1 aliphatic heterocycles. The standard InChI is InChI=1S/C23H19FN2O3S/c24-15-7-3-6-14(11-15)23(28)29-16-8-4-5-13(12-16)20-25-21(27)19-17-9-1-2-10-18(17)30-22(19)26-20/h3-8,11-12,20,26H,1-2,9-10H2,(H,25,27). The molecule has 2 aromatic carbocycles. The minimum atomic E-state index is -0.638. The van der Waals surface area contributed by atoms with Gasteiger partial charge in [-0.05, 0) is 67.1 Å². The van der Waals surface area contributed by atoms with Crippen LogP contribution in [0.25, 0.3) is 0 Å². The summed E-state index contributed by atoms with van der Waals surface area (Å²) in [5, 5.41) is 7.33. The molecule has 1 atom stereocenters. The van der Waals surface area contributed by atoms with Crippen LogP contribution in [-0.4, -0.2) is 11.9 Å². The van der Waals surface area contributed by atoms with Gasteiger partial charge in [-0.3, -0.25) is 4.79 Å². The second-order valence-electron chi connectivity index (χ2n) is 7.44. The molecular formula is C23H19FN2O3S. The van der Waals surface area contributed by atoms with Crippen molar-refractivity contribution in [1.29, 1.82) is 0 Å². The summed E-state index contributed by atoms with van der Waals surface area (Å²) < 4.78 is 18.8. The predicted molar refractivity (Wildman–Crippen MR) is 113 cm³/mol. The Morgan fingerprint density at radius 2 is 1.90 bits per heavy atom. The molecule has 0 saturated carbocycles. The minimum Gasteiger partial charge on any atom is -0.423 e.